The first kappa shape index (κ1) is 19.1. The molecule has 1 N–H and O–H groups in total. The van der Waals surface area contributed by atoms with Crippen LogP contribution in [0.25, 0.3) is 10.8 Å². The van der Waals surface area contributed by atoms with Crippen LogP contribution in [-0.2, 0) is 13.0 Å². The van der Waals surface area contributed by atoms with E-state index in [4.69, 9.17) is 4.74 Å². The number of benzene rings is 2. The number of methoxy groups -OCH3 is 1. The van der Waals surface area contributed by atoms with Crippen molar-refractivity contribution in [2.75, 3.05) is 7.11 Å². The molecule has 154 valence electrons. The van der Waals surface area contributed by atoms with Crippen molar-refractivity contribution in [1.82, 2.24) is 9.88 Å². The van der Waals surface area contributed by atoms with E-state index in [-0.39, 0.29) is 11.9 Å². The summed E-state index contributed by atoms with van der Waals surface area (Å²) >= 11 is 0. The highest BCUT2D eigenvalue weighted by atomic mass is 16.5. The molecule has 1 fully saturated rings. The Hall–Kier alpha value is -2.92. The molecule has 2 aliphatic rings. The van der Waals surface area contributed by atoms with E-state index >= 15 is 0 Å². The minimum atomic E-state index is -0.423. The summed E-state index contributed by atoms with van der Waals surface area (Å²) in [5.41, 5.74) is 4.06. The fourth-order valence-corrected chi connectivity index (χ4v) is 4.99. The van der Waals surface area contributed by atoms with Crippen molar-refractivity contribution in [3.63, 3.8) is 0 Å². The van der Waals surface area contributed by atoms with Crippen molar-refractivity contribution in [3.8, 4) is 5.88 Å². The highest BCUT2D eigenvalue weighted by molar-refractivity contribution is 6.05. The lowest BCUT2D eigenvalue weighted by Gasteiger charge is -2.35. The summed E-state index contributed by atoms with van der Waals surface area (Å²) in [6.07, 6.45) is 5.86. The van der Waals surface area contributed by atoms with E-state index in [0.29, 0.717) is 18.8 Å². The second-order valence-corrected chi connectivity index (χ2v) is 8.35. The predicted molar refractivity (Wildman–Crippen MR) is 116 cm³/mol. The number of aliphatic hydroxyl groups excluding tert-OH is 1. The standard InChI is InChI=1S/C25H26N2O3/c1-30-24-11-10-16(14-26-24)12-17-13-20-21(19-7-3-2-6-18(17)19)15-27(25(20)29)22-8-4-5-9-23(22)28/h2-3,6-7,10-11,13-14,22-23,28H,4-5,8-9,12,15H2,1H3. The third-order valence-corrected chi connectivity index (χ3v) is 6.56. The molecule has 5 nitrogen and oxygen atoms in total. The van der Waals surface area contributed by atoms with Gasteiger partial charge in [-0.05, 0) is 52.8 Å². The van der Waals surface area contributed by atoms with Crippen LogP contribution in [0.5, 0.6) is 5.88 Å². The lowest BCUT2D eigenvalue weighted by molar-refractivity contribution is 0.0192. The Balaban J connectivity index is 1.54. The summed E-state index contributed by atoms with van der Waals surface area (Å²) in [6.45, 7) is 0.584. The van der Waals surface area contributed by atoms with Crippen LogP contribution in [-0.4, -0.2) is 40.2 Å². The Labute approximate surface area is 176 Å². The number of hydrogen-bond donors (Lipinski definition) is 1. The third-order valence-electron chi connectivity index (χ3n) is 6.56. The summed E-state index contributed by atoms with van der Waals surface area (Å²) in [7, 11) is 1.61. The van der Waals surface area contributed by atoms with Crippen LogP contribution < -0.4 is 4.74 Å². The molecule has 30 heavy (non-hydrogen) atoms. The molecule has 1 aromatic heterocycles. The lowest BCUT2D eigenvalue weighted by Crippen LogP contribution is -2.45. The first-order chi connectivity index (χ1) is 14.7. The van der Waals surface area contributed by atoms with Crippen molar-refractivity contribution in [1.29, 1.82) is 0 Å². The summed E-state index contributed by atoms with van der Waals surface area (Å²) in [5, 5.41) is 12.8. The smallest absolute Gasteiger partial charge is 0.254 e. The van der Waals surface area contributed by atoms with Crippen LogP contribution >= 0.6 is 0 Å². The minimum Gasteiger partial charge on any atom is -0.481 e. The van der Waals surface area contributed by atoms with Gasteiger partial charge in [0.1, 0.15) is 0 Å². The first-order valence-electron chi connectivity index (χ1n) is 10.7. The molecule has 5 heteroatoms. The average Bonchev–Trinajstić information content (AvgIpc) is 3.11. The molecule has 1 aliphatic heterocycles. The average molecular weight is 402 g/mol. The molecule has 3 aromatic rings. The zero-order valence-electron chi connectivity index (χ0n) is 17.2. The topological polar surface area (TPSA) is 62.7 Å². The number of hydrogen-bond acceptors (Lipinski definition) is 4. The van der Waals surface area contributed by atoms with Gasteiger partial charge in [-0.3, -0.25) is 4.79 Å². The van der Waals surface area contributed by atoms with Crippen molar-refractivity contribution >= 4 is 16.7 Å². The number of rotatable bonds is 4. The fraction of sp³-hybridized carbons (Fsp3) is 0.360. The SMILES string of the molecule is COc1ccc(Cc2cc3c(c4ccccc24)CN(C2CCCCC2O)C3=O)cn1. The maximum atomic E-state index is 13.4. The number of nitrogens with zero attached hydrogens (tertiary/aromatic N) is 2. The summed E-state index contributed by atoms with van der Waals surface area (Å²) in [4.78, 5) is 19.6. The van der Waals surface area contributed by atoms with Crippen molar-refractivity contribution in [2.45, 2.75) is 50.8 Å². The second-order valence-electron chi connectivity index (χ2n) is 8.35. The van der Waals surface area contributed by atoms with Crippen molar-refractivity contribution in [3.05, 3.63) is 70.9 Å². The van der Waals surface area contributed by atoms with Gasteiger partial charge in [0.2, 0.25) is 5.88 Å². The second kappa shape index (κ2) is 7.73. The number of carbonyl (C=O) groups excluding carboxylic acids is 1. The number of amides is 1. The Morgan fingerprint density at radius 2 is 1.93 bits per heavy atom. The van der Waals surface area contributed by atoms with Gasteiger partial charge >= 0.3 is 0 Å². The van der Waals surface area contributed by atoms with Crippen LogP contribution in [0.3, 0.4) is 0 Å². The van der Waals surface area contributed by atoms with Gasteiger partial charge in [0.05, 0.1) is 19.3 Å². The summed E-state index contributed by atoms with van der Waals surface area (Å²) < 4.78 is 5.16. The van der Waals surface area contributed by atoms with Gasteiger partial charge in [0, 0.05) is 24.4 Å². The highest BCUT2D eigenvalue weighted by Gasteiger charge is 2.38. The maximum Gasteiger partial charge on any atom is 0.254 e. The van der Waals surface area contributed by atoms with Gasteiger partial charge in [-0.1, -0.05) is 43.2 Å². The third kappa shape index (κ3) is 3.23. The molecule has 0 bridgehead atoms. The molecule has 0 saturated heterocycles. The van der Waals surface area contributed by atoms with E-state index in [1.807, 2.05) is 35.4 Å². The van der Waals surface area contributed by atoms with Gasteiger partial charge in [0.15, 0.2) is 0 Å². The molecular weight excluding hydrogens is 376 g/mol. The molecule has 2 atom stereocenters. The predicted octanol–water partition coefficient (Wildman–Crippen LogP) is 4.09. The van der Waals surface area contributed by atoms with Gasteiger partial charge in [-0.15, -0.1) is 0 Å². The van der Waals surface area contributed by atoms with E-state index in [9.17, 15) is 9.90 Å². The van der Waals surface area contributed by atoms with E-state index in [0.717, 1.165) is 53.3 Å². The molecule has 5 rings (SSSR count). The normalized spacial score (nSPS) is 21.1. The quantitative estimate of drug-likeness (QED) is 0.714. The Morgan fingerprint density at radius 1 is 1.13 bits per heavy atom. The van der Waals surface area contributed by atoms with E-state index in [2.05, 4.69) is 23.2 Å². The molecular formula is C25H26N2O3. The summed E-state index contributed by atoms with van der Waals surface area (Å²) in [6, 6.07) is 14.2. The molecule has 0 radical (unpaired) electrons. The largest absolute Gasteiger partial charge is 0.481 e. The van der Waals surface area contributed by atoms with Crippen LogP contribution in [0.1, 0.15) is 52.7 Å². The van der Waals surface area contributed by atoms with Gasteiger partial charge in [0.25, 0.3) is 5.91 Å². The number of pyridine rings is 1. The van der Waals surface area contributed by atoms with Crippen LogP contribution in [0.15, 0.2) is 48.7 Å². The first-order valence-corrected chi connectivity index (χ1v) is 10.7. The Kier molecular flexibility index (Phi) is 4.91. The van der Waals surface area contributed by atoms with E-state index < -0.39 is 6.10 Å². The van der Waals surface area contributed by atoms with Crippen molar-refractivity contribution in [2.24, 2.45) is 0 Å². The van der Waals surface area contributed by atoms with Crippen molar-refractivity contribution < 1.29 is 14.6 Å². The number of aliphatic hydroxyl groups is 1. The molecule has 2 unspecified atom stereocenters. The highest BCUT2D eigenvalue weighted by Crippen LogP contribution is 2.37. The minimum absolute atomic E-state index is 0.0517. The van der Waals surface area contributed by atoms with E-state index in [1.165, 1.54) is 5.39 Å². The molecule has 1 amide bonds. The van der Waals surface area contributed by atoms with Crippen LogP contribution in [0, 0.1) is 0 Å². The van der Waals surface area contributed by atoms with Crippen LogP contribution in [0.2, 0.25) is 0 Å². The Morgan fingerprint density at radius 3 is 2.67 bits per heavy atom. The van der Waals surface area contributed by atoms with Crippen LogP contribution in [0.4, 0.5) is 0 Å². The summed E-state index contributed by atoms with van der Waals surface area (Å²) in [5.74, 6) is 0.644. The fourth-order valence-electron chi connectivity index (χ4n) is 4.99. The molecule has 1 aliphatic carbocycles. The van der Waals surface area contributed by atoms with Gasteiger partial charge < -0.3 is 14.7 Å². The van der Waals surface area contributed by atoms with E-state index in [1.54, 1.807) is 7.11 Å². The Bertz CT molecular complexity index is 1090. The van der Waals surface area contributed by atoms with Gasteiger partial charge in [-0.25, -0.2) is 4.98 Å². The van der Waals surface area contributed by atoms with Gasteiger partial charge in [-0.2, -0.15) is 0 Å². The number of fused-ring (bicyclic) bond motifs is 3. The zero-order valence-corrected chi connectivity index (χ0v) is 17.2. The number of ether oxygens (including phenoxy) is 1. The molecule has 2 heterocycles. The molecule has 1 saturated carbocycles. The zero-order chi connectivity index (χ0) is 20.7. The maximum absolute atomic E-state index is 13.4. The molecule has 2 aromatic carbocycles. The lowest BCUT2D eigenvalue weighted by atomic mass is 9.91. The molecule has 0 spiro atoms. The number of carbonyl (C=O) groups is 1. The number of aromatic nitrogens is 1. The monoisotopic (exact) mass is 402 g/mol.